The standard InChI is InChI=1S/C17H16N2O2/c1-11-7-6-10-14-15(11)16(20)21-17(19-14)18-12(2)13-8-4-3-5-9-13/h3-10,12H,1-2H3,(H,18,19)/t12-/m0/s1. The van der Waals surface area contributed by atoms with E-state index in [1.165, 1.54) is 0 Å². The second-order valence-electron chi connectivity index (χ2n) is 5.05. The third-order valence-electron chi connectivity index (χ3n) is 3.51. The highest BCUT2D eigenvalue weighted by Crippen LogP contribution is 2.19. The van der Waals surface area contributed by atoms with Crippen molar-refractivity contribution < 1.29 is 4.42 Å². The number of aromatic nitrogens is 1. The molecule has 0 bridgehead atoms. The largest absolute Gasteiger partial charge is 0.389 e. The van der Waals surface area contributed by atoms with Crippen molar-refractivity contribution in [3.63, 3.8) is 0 Å². The van der Waals surface area contributed by atoms with Gasteiger partial charge in [-0.3, -0.25) is 0 Å². The Morgan fingerprint density at radius 3 is 2.62 bits per heavy atom. The molecule has 0 amide bonds. The first kappa shape index (κ1) is 13.4. The summed E-state index contributed by atoms with van der Waals surface area (Å²) in [6.45, 7) is 3.87. The fourth-order valence-electron chi connectivity index (χ4n) is 2.35. The Morgan fingerprint density at radius 2 is 1.86 bits per heavy atom. The number of nitrogens with one attached hydrogen (secondary N) is 1. The number of anilines is 1. The van der Waals surface area contributed by atoms with Crippen LogP contribution in [0.5, 0.6) is 0 Å². The van der Waals surface area contributed by atoms with Crippen LogP contribution in [0.4, 0.5) is 6.01 Å². The molecule has 1 atom stereocenters. The smallest absolute Gasteiger partial charge is 0.348 e. The van der Waals surface area contributed by atoms with Gasteiger partial charge in [0.2, 0.25) is 0 Å². The predicted molar refractivity (Wildman–Crippen MR) is 83.5 cm³/mol. The van der Waals surface area contributed by atoms with E-state index in [4.69, 9.17) is 4.42 Å². The van der Waals surface area contributed by atoms with E-state index < -0.39 is 0 Å². The molecule has 1 heterocycles. The van der Waals surface area contributed by atoms with Gasteiger partial charge in [0.25, 0.3) is 6.01 Å². The maximum Gasteiger partial charge on any atom is 0.348 e. The zero-order chi connectivity index (χ0) is 14.8. The van der Waals surface area contributed by atoms with Crippen molar-refractivity contribution in [1.82, 2.24) is 4.98 Å². The van der Waals surface area contributed by atoms with Gasteiger partial charge >= 0.3 is 5.63 Å². The Kier molecular flexibility index (Phi) is 3.44. The van der Waals surface area contributed by atoms with Crippen LogP contribution in [0.25, 0.3) is 10.9 Å². The van der Waals surface area contributed by atoms with Crippen LogP contribution >= 0.6 is 0 Å². The summed E-state index contributed by atoms with van der Waals surface area (Å²) in [5.74, 6) is 0. The van der Waals surface area contributed by atoms with E-state index in [9.17, 15) is 4.79 Å². The molecule has 3 aromatic rings. The van der Waals surface area contributed by atoms with Gasteiger partial charge in [-0.15, -0.1) is 0 Å². The van der Waals surface area contributed by atoms with Gasteiger partial charge in [0, 0.05) is 0 Å². The second-order valence-corrected chi connectivity index (χ2v) is 5.05. The average Bonchev–Trinajstić information content (AvgIpc) is 2.48. The lowest BCUT2D eigenvalue weighted by molar-refractivity contribution is 0.510. The minimum absolute atomic E-state index is 0.00380. The quantitative estimate of drug-likeness (QED) is 0.795. The molecule has 4 nitrogen and oxygen atoms in total. The van der Waals surface area contributed by atoms with E-state index in [-0.39, 0.29) is 17.7 Å². The van der Waals surface area contributed by atoms with Gasteiger partial charge in [0.15, 0.2) is 0 Å². The molecule has 0 aliphatic heterocycles. The minimum atomic E-state index is -0.360. The SMILES string of the molecule is Cc1cccc2nc(N[C@@H](C)c3ccccc3)oc(=O)c12. The van der Waals surface area contributed by atoms with Crippen LogP contribution in [0.15, 0.2) is 57.7 Å². The zero-order valence-electron chi connectivity index (χ0n) is 12.0. The van der Waals surface area contributed by atoms with Crippen LogP contribution in [0.2, 0.25) is 0 Å². The Balaban J connectivity index is 1.97. The van der Waals surface area contributed by atoms with Crippen molar-refractivity contribution in [1.29, 1.82) is 0 Å². The van der Waals surface area contributed by atoms with Gasteiger partial charge < -0.3 is 9.73 Å². The van der Waals surface area contributed by atoms with Crippen molar-refractivity contribution in [2.45, 2.75) is 19.9 Å². The number of nitrogens with zero attached hydrogens (tertiary/aromatic N) is 1. The van der Waals surface area contributed by atoms with E-state index in [1.54, 1.807) is 0 Å². The molecule has 106 valence electrons. The molecule has 0 fully saturated rings. The number of aryl methyl sites for hydroxylation is 1. The van der Waals surface area contributed by atoms with Crippen LogP contribution in [0, 0.1) is 6.92 Å². The molecular formula is C17H16N2O2. The molecule has 0 radical (unpaired) electrons. The molecule has 2 aromatic carbocycles. The Bertz CT molecular complexity index is 825. The number of hydrogen-bond donors (Lipinski definition) is 1. The molecule has 3 rings (SSSR count). The van der Waals surface area contributed by atoms with Gasteiger partial charge in [-0.25, -0.2) is 4.79 Å². The number of fused-ring (bicyclic) bond motifs is 1. The normalized spacial score (nSPS) is 12.3. The van der Waals surface area contributed by atoms with E-state index in [0.717, 1.165) is 11.1 Å². The van der Waals surface area contributed by atoms with Crippen LogP contribution in [-0.4, -0.2) is 4.98 Å². The lowest BCUT2D eigenvalue weighted by Crippen LogP contribution is -2.12. The summed E-state index contributed by atoms with van der Waals surface area (Å²) in [4.78, 5) is 16.5. The molecular weight excluding hydrogens is 264 g/mol. The third kappa shape index (κ3) is 2.65. The highest BCUT2D eigenvalue weighted by atomic mass is 16.4. The van der Waals surface area contributed by atoms with E-state index in [2.05, 4.69) is 10.3 Å². The topological polar surface area (TPSA) is 55.1 Å². The van der Waals surface area contributed by atoms with E-state index in [0.29, 0.717) is 10.9 Å². The van der Waals surface area contributed by atoms with Gasteiger partial charge in [-0.05, 0) is 31.0 Å². The summed E-state index contributed by atoms with van der Waals surface area (Å²) in [5, 5.41) is 3.67. The number of rotatable bonds is 3. The van der Waals surface area contributed by atoms with Gasteiger partial charge in [0.05, 0.1) is 16.9 Å². The molecule has 21 heavy (non-hydrogen) atoms. The van der Waals surface area contributed by atoms with Crippen LogP contribution in [-0.2, 0) is 0 Å². The lowest BCUT2D eigenvalue weighted by Gasteiger charge is -2.13. The van der Waals surface area contributed by atoms with E-state index in [1.807, 2.05) is 62.4 Å². The fraction of sp³-hybridized carbons (Fsp3) is 0.176. The second kappa shape index (κ2) is 5.40. The lowest BCUT2D eigenvalue weighted by atomic mass is 10.1. The Morgan fingerprint density at radius 1 is 1.10 bits per heavy atom. The minimum Gasteiger partial charge on any atom is -0.389 e. The summed E-state index contributed by atoms with van der Waals surface area (Å²) in [6.07, 6.45) is 0. The van der Waals surface area contributed by atoms with Crippen molar-refractivity contribution in [3.8, 4) is 0 Å². The fourth-order valence-corrected chi connectivity index (χ4v) is 2.35. The number of hydrogen-bond acceptors (Lipinski definition) is 4. The molecule has 0 saturated carbocycles. The van der Waals surface area contributed by atoms with Gasteiger partial charge in [-0.1, -0.05) is 42.5 Å². The molecule has 1 N–H and O–H groups in total. The summed E-state index contributed by atoms with van der Waals surface area (Å²) in [7, 11) is 0. The van der Waals surface area contributed by atoms with Crippen LogP contribution in [0.3, 0.4) is 0 Å². The first-order valence-corrected chi connectivity index (χ1v) is 6.87. The molecule has 0 unspecified atom stereocenters. The van der Waals surface area contributed by atoms with Crippen molar-refractivity contribution in [2.75, 3.05) is 5.32 Å². The van der Waals surface area contributed by atoms with E-state index >= 15 is 0 Å². The molecule has 4 heteroatoms. The molecule has 0 saturated heterocycles. The Hall–Kier alpha value is -2.62. The number of benzene rings is 2. The van der Waals surface area contributed by atoms with Crippen molar-refractivity contribution >= 4 is 16.9 Å². The van der Waals surface area contributed by atoms with Gasteiger partial charge in [-0.2, -0.15) is 4.98 Å². The monoisotopic (exact) mass is 280 g/mol. The predicted octanol–water partition coefficient (Wildman–Crippen LogP) is 3.67. The maximum atomic E-state index is 12.1. The van der Waals surface area contributed by atoms with Crippen molar-refractivity contribution in [3.05, 3.63) is 70.1 Å². The molecule has 0 aliphatic rings. The summed E-state index contributed by atoms with van der Waals surface area (Å²) < 4.78 is 5.29. The first-order valence-electron chi connectivity index (χ1n) is 6.87. The molecule has 0 spiro atoms. The average molecular weight is 280 g/mol. The van der Waals surface area contributed by atoms with Crippen molar-refractivity contribution in [2.24, 2.45) is 0 Å². The Labute approximate surface area is 122 Å². The van der Waals surface area contributed by atoms with Crippen LogP contribution in [0.1, 0.15) is 24.1 Å². The zero-order valence-corrected chi connectivity index (χ0v) is 12.0. The summed E-state index contributed by atoms with van der Waals surface area (Å²) in [6, 6.07) is 15.8. The molecule has 0 aliphatic carbocycles. The summed E-state index contributed by atoms with van der Waals surface area (Å²) >= 11 is 0. The highest BCUT2D eigenvalue weighted by Gasteiger charge is 2.11. The summed E-state index contributed by atoms with van der Waals surface area (Å²) in [5.41, 5.74) is 2.26. The molecule has 1 aromatic heterocycles. The highest BCUT2D eigenvalue weighted by molar-refractivity contribution is 5.81. The van der Waals surface area contributed by atoms with Crippen LogP contribution < -0.4 is 10.9 Å². The maximum absolute atomic E-state index is 12.1. The van der Waals surface area contributed by atoms with Gasteiger partial charge in [0.1, 0.15) is 0 Å². The third-order valence-corrected chi connectivity index (χ3v) is 3.51. The first-order chi connectivity index (χ1) is 10.1.